The van der Waals surface area contributed by atoms with Gasteiger partial charge in [0.1, 0.15) is 24.0 Å². The number of hydrogen-bond donors (Lipinski definition) is 1. The lowest BCUT2D eigenvalue weighted by Crippen LogP contribution is -2.29. The minimum atomic E-state index is -0.172. The molecule has 2 fully saturated rings. The number of nitrogens with one attached hydrogen (secondary N) is 1. The second kappa shape index (κ2) is 10.9. The highest BCUT2D eigenvalue weighted by Gasteiger charge is 2.25. The summed E-state index contributed by atoms with van der Waals surface area (Å²) in [7, 11) is 0. The lowest BCUT2D eigenvalue weighted by Gasteiger charge is -2.24. The lowest BCUT2D eigenvalue weighted by molar-refractivity contribution is -0.111. The molecule has 2 saturated heterocycles. The number of carbonyl (C=O) groups excluding carboxylic acids is 1. The van der Waals surface area contributed by atoms with Crippen molar-refractivity contribution < 1.29 is 14.3 Å². The van der Waals surface area contributed by atoms with Gasteiger partial charge >= 0.3 is 0 Å². The molecule has 0 aliphatic carbocycles. The van der Waals surface area contributed by atoms with Crippen LogP contribution in [0, 0.1) is 0 Å². The van der Waals surface area contributed by atoms with Crippen molar-refractivity contribution in [2.45, 2.75) is 38.2 Å². The van der Waals surface area contributed by atoms with E-state index in [1.54, 1.807) is 12.4 Å². The van der Waals surface area contributed by atoms with E-state index in [1.807, 2.05) is 18.2 Å². The Hall–Kier alpha value is -3.49. The number of anilines is 3. The number of aromatic nitrogens is 2. The van der Waals surface area contributed by atoms with Crippen LogP contribution < -0.4 is 15.0 Å². The zero-order chi connectivity index (χ0) is 25.0. The average Bonchev–Trinajstić information content (AvgIpc) is 3.59. The van der Waals surface area contributed by atoms with Crippen LogP contribution >= 0.6 is 0 Å². The predicted octanol–water partition coefficient (Wildman–Crippen LogP) is 4.47. The van der Waals surface area contributed by atoms with E-state index in [0.29, 0.717) is 24.7 Å². The molecule has 0 bridgehead atoms. The normalized spacial score (nSPS) is 20.0. The highest BCUT2D eigenvalue weighted by Crippen LogP contribution is 2.39. The summed E-state index contributed by atoms with van der Waals surface area (Å²) in [6, 6.07) is 12.3. The number of ether oxygens (including phenoxy) is 2. The zero-order valence-electron chi connectivity index (χ0n) is 21.1. The summed E-state index contributed by atoms with van der Waals surface area (Å²) >= 11 is 0. The van der Waals surface area contributed by atoms with Crippen LogP contribution in [-0.2, 0) is 16.0 Å². The van der Waals surface area contributed by atoms with E-state index in [1.165, 1.54) is 24.8 Å². The third-order valence-electron chi connectivity index (χ3n) is 7.38. The van der Waals surface area contributed by atoms with Gasteiger partial charge in [-0.15, -0.1) is 0 Å². The quantitative estimate of drug-likeness (QED) is 0.481. The summed E-state index contributed by atoms with van der Waals surface area (Å²) in [5, 5.41) is 3.94. The van der Waals surface area contributed by atoms with E-state index in [9.17, 15) is 4.79 Å². The Bertz CT molecular complexity index is 1300. The van der Waals surface area contributed by atoms with E-state index in [2.05, 4.69) is 49.4 Å². The number of rotatable bonds is 7. The van der Waals surface area contributed by atoms with Gasteiger partial charge in [0.15, 0.2) is 0 Å². The summed E-state index contributed by atoms with van der Waals surface area (Å²) < 4.78 is 11.8. The first-order valence-electron chi connectivity index (χ1n) is 13.3. The fourth-order valence-corrected chi connectivity index (χ4v) is 5.45. The van der Waals surface area contributed by atoms with Crippen LogP contribution in [-0.4, -0.2) is 66.3 Å². The summed E-state index contributed by atoms with van der Waals surface area (Å²) in [6.07, 6.45) is 10.7. The first kappa shape index (κ1) is 23.9. The van der Waals surface area contributed by atoms with Gasteiger partial charge in [0.25, 0.3) is 0 Å². The highest BCUT2D eigenvalue weighted by molar-refractivity contribution is 6.04. The molecule has 37 heavy (non-hydrogen) atoms. The Morgan fingerprint density at radius 3 is 2.89 bits per heavy atom. The molecule has 1 N–H and O–H groups in total. The molecule has 4 heterocycles. The van der Waals surface area contributed by atoms with Crippen LogP contribution in [0.3, 0.4) is 0 Å². The van der Waals surface area contributed by atoms with Crippen LogP contribution in [0.5, 0.6) is 5.75 Å². The summed E-state index contributed by atoms with van der Waals surface area (Å²) in [5.74, 6) is 1.27. The van der Waals surface area contributed by atoms with Crippen molar-refractivity contribution in [1.82, 2.24) is 14.9 Å². The minimum absolute atomic E-state index is 0.0467. The molecule has 1 atom stereocenters. The molecule has 0 unspecified atom stereocenters. The van der Waals surface area contributed by atoms with Crippen molar-refractivity contribution >= 4 is 34.0 Å². The number of likely N-dealkylation sites (tertiary alicyclic amines) is 1. The molecule has 0 radical (unpaired) electrons. The molecule has 0 saturated carbocycles. The third kappa shape index (κ3) is 5.31. The molecule has 8 heteroatoms. The van der Waals surface area contributed by atoms with Gasteiger partial charge in [-0.3, -0.25) is 9.69 Å². The number of fused-ring (bicyclic) bond motifs is 2. The number of carbonyl (C=O) groups is 1. The van der Waals surface area contributed by atoms with Gasteiger partial charge in [-0.1, -0.05) is 30.7 Å². The second-order valence-corrected chi connectivity index (χ2v) is 9.95. The van der Waals surface area contributed by atoms with Gasteiger partial charge in [0, 0.05) is 42.7 Å². The van der Waals surface area contributed by atoms with Crippen LogP contribution in [0.4, 0.5) is 17.2 Å². The molecule has 3 aliphatic heterocycles. The maximum absolute atomic E-state index is 12.9. The fourth-order valence-electron chi connectivity index (χ4n) is 5.45. The second-order valence-electron chi connectivity index (χ2n) is 9.95. The SMILES string of the molecule is O=C(/C=C/CN1CCCCC1)Nc1cc2c(N3CCc4ccccc43)ncnc2cc1O[C@@H]1CCOC1. The van der Waals surface area contributed by atoms with Gasteiger partial charge in [-0.25, -0.2) is 9.97 Å². The first-order valence-corrected chi connectivity index (χ1v) is 13.3. The van der Waals surface area contributed by atoms with E-state index in [0.717, 1.165) is 61.4 Å². The van der Waals surface area contributed by atoms with Crippen LogP contribution in [0.15, 0.2) is 54.9 Å². The van der Waals surface area contributed by atoms with Gasteiger partial charge in [0.2, 0.25) is 5.91 Å². The van der Waals surface area contributed by atoms with Crippen molar-refractivity contribution in [3.8, 4) is 5.75 Å². The van der Waals surface area contributed by atoms with Gasteiger partial charge < -0.3 is 19.7 Å². The Morgan fingerprint density at radius 2 is 2.03 bits per heavy atom. The van der Waals surface area contributed by atoms with Crippen molar-refractivity contribution in [2.24, 2.45) is 0 Å². The Kier molecular flexibility index (Phi) is 7.01. The van der Waals surface area contributed by atoms with Crippen molar-refractivity contribution in [3.63, 3.8) is 0 Å². The predicted molar refractivity (Wildman–Crippen MR) is 145 cm³/mol. The van der Waals surface area contributed by atoms with Crippen LogP contribution in [0.2, 0.25) is 0 Å². The Morgan fingerprint density at radius 1 is 1.14 bits per heavy atom. The van der Waals surface area contributed by atoms with Gasteiger partial charge in [0.05, 0.1) is 24.4 Å². The van der Waals surface area contributed by atoms with Crippen molar-refractivity contribution in [2.75, 3.05) is 49.6 Å². The van der Waals surface area contributed by atoms with Crippen LogP contribution in [0.1, 0.15) is 31.2 Å². The Labute approximate surface area is 217 Å². The zero-order valence-corrected chi connectivity index (χ0v) is 21.1. The average molecular weight is 500 g/mol. The largest absolute Gasteiger partial charge is 0.486 e. The van der Waals surface area contributed by atoms with Gasteiger partial charge in [-0.2, -0.15) is 0 Å². The molecule has 3 aromatic rings. The van der Waals surface area contributed by atoms with E-state index in [4.69, 9.17) is 9.47 Å². The topological polar surface area (TPSA) is 79.8 Å². The van der Waals surface area contributed by atoms with E-state index >= 15 is 0 Å². The monoisotopic (exact) mass is 499 g/mol. The standard InChI is InChI=1S/C29H33N5O3/c35-28(9-6-14-33-12-4-1-5-13-33)32-25-17-23-24(18-27(25)37-22-11-16-36-19-22)30-20-31-29(23)34-15-10-21-7-2-3-8-26(21)34/h2-3,6-9,17-18,20,22H,1,4-5,10-16,19H2,(H,32,35)/b9-6+/t22-/m1/s1. The number of amides is 1. The smallest absolute Gasteiger partial charge is 0.248 e. The van der Waals surface area contributed by atoms with E-state index in [-0.39, 0.29) is 12.0 Å². The number of benzene rings is 2. The molecule has 0 spiro atoms. The fraction of sp³-hybridized carbons (Fsp3) is 0.414. The lowest BCUT2D eigenvalue weighted by atomic mass is 10.1. The molecule has 192 valence electrons. The highest BCUT2D eigenvalue weighted by atomic mass is 16.5. The molecule has 1 amide bonds. The number of hydrogen-bond acceptors (Lipinski definition) is 7. The third-order valence-corrected chi connectivity index (χ3v) is 7.38. The van der Waals surface area contributed by atoms with Crippen molar-refractivity contribution in [1.29, 1.82) is 0 Å². The maximum Gasteiger partial charge on any atom is 0.248 e. The summed E-state index contributed by atoms with van der Waals surface area (Å²) in [5.41, 5.74) is 3.87. The molecule has 2 aromatic carbocycles. The Balaban J connectivity index is 1.30. The molecule has 6 rings (SSSR count). The first-order chi connectivity index (χ1) is 18.2. The number of para-hydroxylation sites is 1. The molecular weight excluding hydrogens is 466 g/mol. The number of nitrogens with zero attached hydrogens (tertiary/aromatic N) is 4. The minimum Gasteiger partial charge on any atom is -0.486 e. The molecule has 1 aromatic heterocycles. The van der Waals surface area contributed by atoms with Crippen molar-refractivity contribution in [3.05, 3.63) is 60.4 Å². The maximum atomic E-state index is 12.9. The molecule has 3 aliphatic rings. The van der Waals surface area contributed by atoms with Gasteiger partial charge in [-0.05, 0) is 50.0 Å². The number of piperidine rings is 1. The molecule has 8 nitrogen and oxygen atoms in total. The summed E-state index contributed by atoms with van der Waals surface area (Å²) in [6.45, 7) is 5.06. The van der Waals surface area contributed by atoms with E-state index < -0.39 is 0 Å². The summed E-state index contributed by atoms with van der Waals surface area (Å²) in [4.78, 5) is 26.8. The molecular formula is C29H33N5O3. The van der Waals surface area contributed by atoms with Crippen LogP contribution in [0.25, 0.3) is 10.9 Å².